The third-order valence-electron chi connectivity index (χ3n) is 4.38. The highest BCUT2D eigenvalue weighted by molar-refractivity contribution is 5.94. The monoisotopic (exact) mass is 427 g/mol. The van der Waals surface area contributed by atoms with E-state index >= 15 is 0 Å². The Labute approximate surface area is 177 Å². The molecule has 10 heteroatoms. The van der Waals surface area contributed by atoms with Gasteiger partial charge in [-0.25, -0.2) is 4.39 Å². The molecule has 31 heavy (non-hydrogen) atoms. The summed E-state index contributed by atoms with van der Waals surface area (Å²) < 4.78 is 12.9. The third kappa shape index (κ3) is 8.55. The Bertz CT molecular complexity index is 953. The zero-order chi connectivity index (χ0) is 22.6. The van der Waals surface area contributed by atoms with Gasteiger partial charge in [0.1, 0.15) is 5.82 Å². The highest BCUT2D eigenvalue weighted by atomic mass is 19.1. The zero-order valence-corrected chi connectivity index (χ0v) is 16.6. The van der Waals surface area contributed by atoms with Gasteiger partial charge in [-0.3, -0.25) is 14.4 Å². The largest absolute Gasteiger partial charge is 0.481 e. The maximum atomic E-state index is 12.9. The highest BCUT2D eigenvalue weighted by Crippen LogP contribution is 2.08. The number of benzene rings is 2. The van der Waals surface area contributed by atoms with E-state index in [9.17, 15) is 18.8 Å². The topological polar surface area (TPSA) is 144 Å². The number of halogens is 1. The van der Waals surface area contributed by atoms with Crippen LogP contribution in [0.4, 0.5) is 4.39 Å². The summed E-state index contributed by atoms with van der Waals surface area (Å²) in [6.45, 7) is 0.110. The van der Waals surface area contributed by atoms with E-state index in [0.717, 1.165) is 11.1 Å². The van der Waals surface area contributed by atoms with Gasteiger partial charge >= 0.3 is 5.97 Å². The van der Waals surface area contributed by atoms with Crippen molar-refractivity contribution in [2.75, 3.05) is 6.54 Å². The van der Waals surface area contributed by atoms with Crippen molar-refractivity contribution in [2.24, 2.45) is 5.11 Å². The van der Waals surface area contributed by atoms with Crippen LogP contribution in [0.5, 0.6) is 0 Å². The normalized spacial score (nSPS) is 11.1. The zero-order valence-electron chi connectivity index (χ0n) is 16.6. The Balaban J connectivity index is 1.82. The van der Waals surface area contributed by atoms with Gasteiger partial charge in [-0.2, -0.15) is 0 Å². The molecule has 0 aliphatic rings. The number of azide groups is 1. The fourth-order valence-corrected chi connectivity index (χ4v) is 2.75. The van der Waals surface area contributed by atoms with Gasteiger partial charge in [-0.05, 0) is 47.3 Å². The molecule has 2 aromatic rings. The molecule has 0 aliphatic carbocycles. The van der Waals surface area contributed by atoms with E-state index in [1.54, 1.807) is 36.4 Å². The summed E-state index contributed by atoms with van der Waals surface area (Å²) in [4.78, 5) is 37.7. The summed E-state index contributed by atoms with van der Waals surface area (Å²) >= 11 is 0. The number of aliphatic carboxylic acids is 1. The Morgan fingerprint density at radius 1 is 1.06 bits per heavy atom. The minimum atomic E-state index is -1.12. The SMILES string of the molecule is [N-]=[N+]=NC[C@H](CC(=O)O)NC(=O)c1ccc(CNC(=O)CCc2ccc(F)cc2)cc1. The van der Waals surface area contributed by atoms with E-state index in [1.165, 1.54) is 12.1 Å². The molecule has 0 aliphatic heterocycles. The van der Waals surface area contributed by atoms with Crippen molar-refractivity contribution < 1.29 is 23.9 Å². The molecular formula is C21H22FN5O4. The average molecular weight is 427 g/mol. The number of hydrogen-bond donors (Lipinski definition) is 3. The molecule has 3 N–H and O–H groups in total. The predicted octanol–water partition coefficient (Wildman–Crippen LogP) is 2.96. The first kappa shape index (κ1) is 23.4. The molecular weight excluding hydrogens is 405 g/mol. The van der Waals surface area contributed by atoms with Crippen LogP contribution in [0.1, 0.15) is 34.3 Å². The lowest BCUT2D eigenvalue weighted by Gasteiger charge is -2.14. The Hall–Kier alpha value is -3.91. The van der Waals surface area contributed by atoms with E-state index in [1.807, 2.05) is 0 Å². The molecule has 0 unspecified atom stereocenters. The number of carboxylic acid groups (broad SMARTS) is 1. The lowest BCUT2D eigenvalue weighted by molar-refractivity contribution is -0.137. The molecule has 1 atom stereocenters. The van der Waals surface area contributed by atoms with Crippen molar-refractivity contribution in [1.82, 2.24) is 10.6 Å². The number of nitrogens with one attached hydrogen (secondary N) is 2. The molecule has 0 spiro atoms. The van der Waals surface area contributed by atoms with Crippen molar-refractivity contribution in [1.29, 1.82) is 0 Å². The maximum Gasteiger partial charge on any atom is 0.305 e. The summed E-state index contributed by atoms with van der Waals surface area (Å²) in [6, 6.07) is 11.6. The number of carbonyl (C=O) groups is 3. The molecule has 2 amide bonds. The van der Waals surface area contributed by atoms with Crippen molar-refractivity contribution in [3.63, 3.8) is 0 Å². The van der Waals surface area contributed by atoms with Crippen LogP contribution in [-0.2, 0) is 22.6 Å². The minimum Gasteiger partial charge on any atom is -0.481 e. The number of rotatable bonds is 11. The summed E-state index contributed by atoms with van der Waals surface area (Å²) in [7, 11) is 0. The maximum absolute atomic E-state index is 12.9. The number of nitrogens with zero attached hydrogens (tertiary/aromatic N) is 3. The lowest BCUT2D eigenvalue weighted by Crippen LogP contribution is -2.38. The predicted molar refractivity (Wildman–Crippen MR) is 111 cm³/mol. The third-order valence-corrected chi connectivity index (χ3v) is 4.38. The number of hydrogen-bond acceptors (Lipinski definition) is 4. The second kappa shape index (κ2) is 11.9. The van der Waals surface area contributed by atoms with E-state index in [-0.39, 0.29) is 37.7 Å². The number of carboxylic acids is 1. The lowest BCUT2D eigenvalue weighted by atomic mass is 10.1. The highest BCUT2D eigenvalue weighted by Gasteiger charge is 2.16. The van der Waals surface area contributed by atoms with Gasteiger partial charge in [-0.15, -0.1) is 0 Å². The standard InChI is InChI=1S/C21H22FN5O4/c22-17-8-3-14(4-9-17)5-10-19(28)24-12-15-1-6-16(7-2-15)21(31)26-18(11-20(29)30)13-25-27-23/h1-4,6-9,18H,5,10-13H2,(H,24,28)(H,26,31)(H,29,30)/t18-/m0/s1. The van der Waals surface area contributed by atoms with Gasteiger partial charge in [0.25, 0.3) is 5.91 Å². The summed E-state index contributed by atoms with van der Waals surface area (Å²) in [6.07, 6.45) is 0.396. The molecule has 0 fully saturated rings. The van der Waals surface area contributed by atoms with Gasteiger partial charge in [0.05, 0.1) is 6.42 Å². The van der Waals surface area contributed by atoms with Crippen molar-refractivity contribution in [3.05, 3.63) is 81.5 Å². The van der Waals surface area contributed by atoms with Crippen molar-refractivity contribution >= 4 is 17.8 Å². The molecule has 2 rings (SSSR count). The Kier molecular flexibility index (Phi) is 9.00. The molecule has 0 radical (unpaired) electrons. The van der Waals surface area contributed by atoms with Crippen LogP contribution in [0.2, 0.25) is 0 Å². The Morgan fingerprint density at radius 2 is 1.71 bits per heavy atom. The molecule has 162 valence electrons. The first-order valence-electron chi connectivity index (χ1n) is 9.51. The van der Waals surface area contributed by atoms with Gasteiger partial charge < -0.3 is 15.7 Å². The van der Waals surface area contributed by atoms with E-state index in [4.69, 9.17) is 10.6 Å². The fourth-order valence-electron chi connectivity index (χ4n) is 2.75. The molecule has 0 saturated heterocycles. The molecule has 0 heterocycles. The number of carbonyl (C=O) groups excluding carboxylic acids is 2. The first-order valence-corrected chi connectivity index (χ1v) is 9.51. The minimum absolute atomic E-state index is 0.152. The first-order chi connectivity index (χ1) is 14.9. The molecule has 0 saturated carbocycles. The molecule has 9 nitrogen and oxygen atoms in total. The summed E-state index contributed by atoms with van der Waals surface area (Å²) in [5.74, 6) is -2.09. The van der Waals surface area contributed by atoms with Crippen molar-refractivity contribution in [2.45, 2.75) is 31.8 Å². The van der Waals surface area contributed by atoms with Crippen LogP contribution in [-0.4, -0.2) is 35.5 Å². The quantitative estimate of drug-likeness (QED) is 0.288. The smallest absolute Gasteiger partial charge is 0.305 e. The summed E-state index contributed by atoms with van der Waals surface area (Å²) in [5.41, 5.74) is 10.3. The van der Waals surface area contributed by atoms with E-state index in [2.05, 4.69) is 20.7 Å². The van der Waals surface area contributed by atoms with E-state index < -0.39 is 17.9 Å². The van der Waals surface area contributed by atoms with Crippen LogP contribution < -0.4 is 10.6 Å². The van der Waals surface area contributed by atoms with Crippen LogP contribution in [0.3, 0.4) is 0 Å². The summed E-state index contributed by atoms with van der Waals surface area (Å²) in [5, 5.41) is 17.5. The fraction of sp³-hybridized carbons (Fsp3) is 0.286. The van der Waals surface area contributed by atoms with E-state index in [0.29, 0.717) is 12.0 Å². The average Bonchev–Trinajstić information content (AvgIpc) is 2.75. The molecule has 2 aromatic carbocycles. The van der Waals surface area contributed by atoms with Gasteiger partial charge in [-0.1, -0.05) is 29.4 Å². The Morgan fingerprint density at radius 3 is 2.32 bits per heavy atom. The van der Waals surface area contributed by atoms with Crippen LogP contribution >= 0.6 is 0 Å². The van der Waals surface area contributed by atoms with Gasteiger partial charge in [0.15, 0.2) is 0 Å². The van der Waals surface area contributed by atoms with Gasteiger partial charge in [0.2, 0.25) is 5.91 Å². The molecule has 0 aromatic heterocycles. The number of aryl methyl sites for hydroxylation is 1. The molecule has 0 bridgehead atoms. The van der Waals surface area contributed by atoms with Crippen LogP contribution in [0.15, 0.2) is 53.6 Å². The second-order valence-corrected chi connectivity index (χ2v) is 6.78. The van der Waals surface area contributed by atoms with Crippen molar-refractivity contribution in [3.8, 4) is 0 Å². The van der Waals surface area contributed by atoms with Gasteiger partial charge in [0, 0.05) is 36.0 Å². The number of amides is 2. The second-order valence-electron chi connectivity index (χ2n) is 6.78. The van der Waals surface area contributed by atoms with Crippen LogP contribution in [0.25, 0.3) is 10.4 Å². The van der Waals surface area contributed by atoms with Crippen LogP contribution in [0, 0.1) is 5.82 Å².